The van der Waals surface area contributed by atoms with Gasteiger partial charge in [0.05, 0.1) is 6.61 Å². The van der Waals surface area contributed by atoms with Gasteiger partial charge in [0.15, 0.2) is 5.78 Å². The van der Waals surface area contributed by atoms with E-state index >= 15 is 0 Å². The van der Waals surface area contributed by atoms with Crippen LogP contribution in [0.4, 0.5) is 4.39 Å². The van der Waals surface area contributed by atoms with Crippen LogP contribution in [0.5, 0.6) is 0 Å². The monoisotopic (exact) mass is 403 g/mol. The summed E-state index contributed by atoms with van der Waals surface area (Å²) in [6.07, 6.45) is 5.40. The van der Waals surface area contributed by atoms with Crippen molar-refractivity contribution in [2.45, 2.75) is 38.1 Å². The SMILES string of the molecule is C=C/C=C(\C=C)c1ccc(COCCCCCN2C[C@@H](O)C(=O)[C@@H](O)C2)cc1F. The fourth-order valence-corrected chi connectivity index (χ4v) is 3.33. The number of nitrogens with zero attached hydrogens (tertiary/aromatic N) is 1. The second kappa shape index (κ2) is 11.8. The number of Topliss-reactive ketones (excluding diaryl/α,β-unsaturated/α-hetero) is 1. The number of ether oxygens (including phenoxy) is 1. The number of aliphatic hydroxyl groups is 2. The lowest BCUT2D eigenvalue weighted by Gasteiger charge is -2.32. The summed E-state index contributed by atoms with van der Waals surface area (Å²) in [6, 6.07) is 5.04. The van der Waals surface area contributed by atoms with Crippen LogP contribution in [0.25, 0.3) is 5.57 Å². The van der Waals surface area contributed by atoms with Gasteiger partial charge in [-0.1, -0.05) is 43.5 Å². The molecule has 1 aromatic rings. The summed E-state index contributed by atoms with van der Waals surface area (Å²) < 4.78 is 19.9. The van der Waals surface area contributed by atoms with Gasteiger partial charge in [-0.25, -0.2) is 4.39 Å². The van der Waals surface area contributed by atoms with Crippen molar-refractivity contribution < 1.29 is 24.1 Å². The van der Waals surface area contributed by atoms with E-state index in [1.165, 1.54) is 6.07 Å². The van der Waals surface area contributed by atoms with E-state index in [0.29, 0.717) is 24.4 Å². The molecule has 158 valence electrons. The molecule has 0 amide bonds. The van der Waals surface area contributed by atoms with Gasteiger partial charge in [0.25, 0.3) is 0 Å². The topological polar surface area (TPSA) is 70.0 Å². The average Bonchev–Trinajstić information content (AvgIpc) is 2.70. The molecule has 1 heterocycles. The van der Waals surface area contributed by atoms with Crippen LogP contribution in [0.2, 0.25) is 0 Å². The zero-order valence-electron chi connectivity index (χ0n) is 16.7. The van der Waals surface area contributed by atoms with Crippen molar-refractivity contribution in [1.29, 1.82) is 0 Å². The summed E-state index contributed by atoms with van der Waals surface area (Å²) >= 11 is 0. The van der Waals surface area contributed by atoms with Gasteiger partial charge in [0.1, 0.15) is 18.0 Å². The molecule has 1 aliphatic heterocycles. The zero-order valence-corrected chi connectivity index (χ0v) is 16.7. The summed E-state index contributed by atoms with van der Waals surface area (Å²) in [5, 5.41) is 19.2. The van der Waals surface area contributed by atoms with Crippen molar-refractivity contribution >= 4 is 11.4 Å². The Balaban J connectivity index is 1.65. The van der Waals surface area contributed by atoms with Crippen LogP contribution in [0.3, 0.4) is 0 Å². The van der Waals surface area contributed by atoms with Crippen molar-refractivity contribution in [1.82, 2.24) is 4.90 Å². The molecule has 1 aromatic carbocycles. The molecule has 2 rings (SSSR count). The van der Waals surface area contributed by atoms with Gasteiger partial charge in [0, 0.05) is 25.3 Å². The number of carbonyl (C=O) groups excluding carboxylic acids is 1. The molecular formula is C23H30FNO4. The number of piperidine rings is 1. The largest absolute Gasteiger partial charge is 0.384 e. The Labute approximate surface area is 171 Å². The number of likely N-dealkylation sites (tertiary alicyclic amines) is 1. The summed E-state index contributed by atoms with van der Waals surface area (Å²) in [5.74, 6) is -0.806. The molecule has 5 nitrogen and oxygen atoms in total. The van der Waals surface area contributed by atoms with E-state index in [2.05, 4.69) is 13.2 Å². The first-order chi connectivity index (χ1) is 14.0. The van der Waals surface area contributed by atoms with E-state index in [1.54, 1.807) is 24.3 Å². The predicted octanol–water partition coefficient (Wildman–Crippen LogP) is 2.87. The summed E-state index contributed by atoms with van der Waals surface area (Å²) in [7, 11) is 0. The normalized spacial score (nSPS) is 20.7. The van der Waals surface area contributed by atoms with Gasteiger partial charge in [-0.05, 0) is 43.0 Å². The van der Waals surface area contributed by atoms with Crippen LogP contribution in [-0.2, 0) is 16.1 Å². The average molecular weight is 403 g/mol. The maximum atomic E-state index is 14.3. The number of aliphatic hydroxyl groups excluding tert-OH is 2. The van der Waals surface area contributed by atoms with Crippen LogP contribution in [0.1, 0.15) is 30.4 Å². The number of carbonyl (C=O) groups is 1. The minimum absolute atomic E-state index is 0.281. The van der Waals surface area contributed by atoms with Crippen molar-refractivity contribution in [3.8, 4) is 0 Å². The van der Waals surface area contributed by atoms with E-state index < -0.39 is 18.0 Å². The molecule has 0 unspecified atom stereocenters. The lowest BCUT2D eigenvalue weighted by Crippen LogP contribution is -2.52. The third-order valence-corrected chi connectivity index (χ3v) is 4.91. The fourth-order valence-electron chi connectivity index (χ4n) is 3.33. The quantitative estimate of drug-likeness (QED) is 0.439. The Bertz CT molecular complexity index is 732. The van der Waals surface area contributed by atoms with Crippen molar-refractivity contribution in [3.05, 3.63) is 66.5 Å². The highest BCUT2D eigenvalue weighted by atomic mass is 19.1. The van der Waals surface area contributed by atoms with Crippen LogP contribution < -0.4 is 0 Å². The van der Waals surface area contributed by atoms with E-state index in [-0.39, 0.29) is 18.9 Å². The number of unbranched alkanes of at least 4 members (excludes halogenated alkanes) is 2. The number of benzene rings is 1. The molecule has 0 spiro atoms. The number of ketones is 1. The Kier molecular flexibility index (Phi) is 9.41. The number of hydrogen-bond donors (Lipinski definition) is 2. The lowest BCUT2D eigenvalue weighted by atomic mass is 10.0. The first kappa shape index (κ1) is 23.2. The van der Waals surface area contributed by atoms with Gasteiger partial charge in [-0.2, -0.15) is 0 Å². The van der Waals surface area contributed by atoms with Crippen LogP contribution in [0, 0.1) is 5.82 Å². The van der Waals surface area contributed by atoms with Crippen molar-refractivity contribution in [2.24, 2.45) is 0 Å². The Morgan fingerprint density at radius 3 is 2.55 bits per heavy atom. The van der Waals surface area contributed by atoms with Crippen molar-refractivity contribution in [3.63, 3.8) is 0 Å². The van der Waals surface area contributed by atoms with E-state index in [0.717, 1.165) is 31.4 Å². The minimum atomic E-state index is -1.09. The first-order valence-corrected chi connectivity index (χ1v) is 9.90. The lowest BCUT2D eigenvalue weighted by molar-refractivity contribution is -0.142. The number of β-amino-alcohol motifs (C(OH)–C–C–N with tert-alkyl or cyclic N) is 2. The highest BCUT2D eigenvalue weighted by Crippen LogP contribution is 2.21. The standard InChI is InChI=1S/C23H30FNO4/c1-3-8-18(4-2)19-10-9-17(13-20(19)24)16-29-12-7-5-6-11-25-14-21(26)23(28)22(27)15-25/h3-4,8-10,13,21-22,26-27H,1-2,5-7,11-12,14-16H2/b18-8+/t21-,22+. The first-order valence-electron chi connectivity index (χ1n) is 9.90. The van der Waals surface area contributed by atoms with Crippen LogP contribution >= 0.6 is 0 Å². The zero-order chi connectivity index (χ0) is 21.2. The second-order valence-corrected chi connectivity index (χ2v) is 7.18. The van der Waals surface area contributed by atoms with E-state index in [9.17, 15) is 19.4 Å². The van der Waals surface area contributed by atoms with Crippen LogP contribution in [-0.4, -0.2) is 59.3 Å². The molecule has 1 fully saturated rings. The molecule has 0 aliphatic carbocycles. The van der Waals surface area contributed by atoms with Gasteiger partial charge in [-0.3, -0.25) is 9.69 Å². The van der Waals surface area contributed by atoms with Gasteiger partial charge >= 0.3 is 0 Å². The van der Waals surface area contributed by atoms with E-state index in [4.69, 9.17) is 4.74 Å². The minimum Gasteiger partial charge on any atom is -0.384 e. The highest BCUT2D eigenvalue weighted by Gasteiger charge is 2.32. The molecule has 2 N–H and O–H groups in total. The molecule has 0 saturated carbocycles. The third kappa shape index (κ3) is 7.01. The molecule has 0 bridgehead atoms. The maximum absolute atomic E-state index is 14.3. The number of rotatable bonds is 11. The van der Waals surface area contributed by atoms with Crippen molar-refractivity contribution in [2.75, 3.05) is 26.2 Å². The Hall–Kier alpha value is -2.12. The van der Waals surface area contributed by atoms with Gasteiger partial charge in [-0.15, -0.1) is 0 Å². The molecule has 29 heavy (non-hydrogen) atoms. The summed E-state index contributed by atoms with van der Waals surface area (Å²) in [5.41, 5.74) is 1.94. The Morgan fingerprint density at radius 2 is 1.93 bits per heavy atom. The molecule has 1 saturated heterocycles. The van der Waals surface area contributed by atoms with Gasteiger partial charge in [0.2, 0.25) is 0 Å². The molecule has 0 radical (unpaired) electrons. The maximum Gasteiger partial charge on any atom is 0.192 e. The summed E-state index contributed by atoms with van der Waals surface area (Å²) in [4.78, 5) is 13.3. The van der Waals surface area contributed by atoms with Gasteiger partial charge < -0.3 is 14.9 Å². The second-order valence-electron chi connectivity index (χ2n) is 7.18. The summed E-state index contributed by atoms with van der Waals surface area (Å²) in [6.45, 7) is 9.52. The highest BCUT2D eigenvalue weighted by molar-refractivity contribution is 5.88. The number of allylic oxidation sites excluding steroid dienone is 4. The molecular weight excluding hydrogens is 373 g/mol. The van der Waals surface area contributed by atoms with E-state index in [1.807, 2.05) is 11.0 Å². The van der Waals surface area contributed by atoms with Crippen LogP contribution in [0.15, 0.2) is 49.6 Å². The smallest absolute Gasteiger partial charge is 0.192 e. The number of hydrogen-bond acceptors (Lipinski definition) is 5. The number of halogens is 1. The fraction of sp³-hybridized carbons (Fsp3) is 0.435. The Morgan fingerprint density at radius 1 is 1.21 bits per heavy atom. The molecule has 0 aromatic heterocycles. The molecule has 6 heteroatoms. The molecule has 1 aliphatic rings. The third-order valence-electron chi connectivity index (χ3n) is 4.91. The predicted molar refractivity (Wildman–Crippen MR) is 112 cm³/mol. The molecule has 2 atom stereocenters.